The third-order valence-corrected chi connectivity index (χ3v) is 6.81. The summed E-state index contributed by atoms with van der Waals surface area (Å²) in [6.07, 6.45) is -2.19. The van der Waals surface area contributed by atoms with Gasteiger partial charge in [0.05, 0.1) is 18.9 Å². The molecule has 0 bridgehead atoms. The largest absolute Gasteiger partial charge is 0.387 e. The Morgan fingerprint density at radius 1 is 1.21 bits per heavy atom. The summed E-state index contributed by atoms with van der Waals surface area (Å²) in [6.45, 7) is 1.89. The van der Waals surface area contributed by atoms with E-state index in [-0.39, 0.29) is 18.2 Å². The van der Waals surface area contributed by atoms with E-state index in [1.54, 1.807) is 0 Å². The van der Waals surface area contributed by atoms with Crippen LogP contribution in [0.1, 0.15) is 23.7 Å². The third-order valence-electron chi connectivity index (χ3n) is 6.58. The molecule has 3 unspecified atom stereocenters. The van der Waals surface area contributed by atoms with Gasteiger partial charge in [0.15, 0.2) is 0 Å². The third kappa shape index (κ3) is 3.08. The van der Waals surface area contributed by atoms with Gasteiger partial charge >= 0.3 is 0 Å². The summed E-state index contributed by atoms with van der Waals surface area (Å²) in [6, 6.07) is 5.73. The monoisotopic (exact) mass is 410 g/mol. The Bertz CT molecular complexity index is 740. The number of likely N-dealkylation sites (tertiary alicyclic amines) is 1. The maximum atomic E-state index is 10.8. The van der Waals surface area contributed by atoms with E-state index in [9.17, 15) is 10.2 Å². The number of aliphatic hydroxyl groups excluding tert-OH is 2. The maximum absolute atomic E-state index is 10.8. The topological polar surface area (TPSA) is 112 Å². The van der Waals surface area contributed by atoms with Gasteiger partial charge in [-0.05, 0) is 36.1 Å². The zero-order chi connectivity index (χ0) is 19.4. The average Bonchev–Trinajstić information content (AvgIpc) is 3.24. The van der Waals surface area contributed by atoms with E-state index in [2.05, 4.69) is 15.5 Å². The van der Waals surface area contributed by atoms with Crippen molar-refractivity contribution in [2.45, 2.75) is 55.8 Å². The van der Waals surface area contributed by atoms with Crippen LogP contribution in [0.4, 0.5) is 0 Å². The zero-order valence-corrected chi connectivity index (χ0v) is 16.3. The number of rotatable bonds is 2. The molecular formula is C19H27ClN4O4. The molecule has 3 fully saturated rings. The summed E-state index contributed by atoms with van der Waals surface area (Å²) in [7, 11) is 0. The van der Waals surface area contributed by atoms with Crippen molar-refractivity contribution in [3.63, 3.8) is 0 Å². The highest BCUT2D eigenvalue weighted by molar-refractivity contribution is 6.30. The van der Waals surface area contributed by atoms with Crippen molar-refractivity contribution in [3.05, 3.63) is 34.3 Å². The molecule has 9 heteroatoms. The molecule has 0 spiro atoms. The van der Waals surface area contributed by atoms with Crippen LogP contribution in [0.5, 0.6) is 0 Å². The normalized spacial score (nSPS) is 43.7. The first-order chi connectivity index (χ1) is 13.5. The molecule has 0 aromatic heterocycles. The van der Waals surface area contributed by atoms with E-state index in [1.165, 1.54) is 0 Å². The Hall–Kier alpha value is -0.810. The van der Waals surface area contributed by atoms with Crippen LogP contribution in [-0.2, 0) is 15.9 Å². The molecule has 6 N–H and O–H groups in total. The van der Waals surface area contributed by atoms with Gasteiger partial charge in [0.2, 0.25) is 0 Å². The minimum absolute atomic E-state index is 0.0101. The lowest BCUT2D eigenvalue weighted by Gasteiger charge is -2.39. The molecule has 8 atom stereocenters. The summed E-state index contributed by atoms with van der Waals surface area (Å²) in [5.74, 6) is 0.228. The van der Waals surface area contributed by atoms with Gasteiger partial charge in [-0.2, -0.15) is 0 Å². The van der Waals surface area contributed by atoms with Gasteiger partial charge in [-0.1, -0.05) is 17.7 Å². The Labute approximate surface area is 168 Å². The minimum atomic E-state index is -1.05. The number of aliphatic hydroxyl groups is 2. The molecule has 4 aliphatic heterocycles. The van der Waals surface area contributed by atoms with Gasteiger partial charge < -0.3 is 25.4 Å². The molecule has 1 aromatic rings. The van der Waals surface area contributed by atoms with E-state index in [1.807, 2.05) is 18.2 Å². The molecule has 4 heterocycles. The van der Waals surface area contributed by atoms with Crippen molar-refractivity contribution in [2.75, 3.05) is 19.8 Å². The lowest BCUT2D eigenvalue weighted by Crippen LogP contribution is -2.64. The molecule has 8 nitrogen and oxygen atoms in total. The van der Waals surface area contributed by atoms with Gasteiger partial charge in [-0.15, -0.1) is 0 Å². The van der Waals surface area contributed by atoms with Gasteiger partial charge in [0.25, 0.3) is 0 Å². The van der Waals surface area contributed by atoms with Gasteiger partial charge in [0, 0.05) is 24.2 Å². The summed E-state index contributed by atoms with van der Waals surface area (Å²) < 4.78 is 12.2. The highest BCUT2D eigenvalue weighted by atomic mass is 35.5. The standard InChI is InChI=1S/C19H27ClN4O4/c20-10-2-1-9-4-6-27-15(12(9)7-10)16-13(25)14(26)19(28-16)24-5-3-11-17(21)22-8-23-18(11)24/h1-2,7,11,13-19,22-23,25-26H,3-6,8,21H2/t11?,13-,14+,15+,16-,17?,18?,19+/m0/s1. The summed E-state index contributed by atoms with van der Waals surface area (Å²) >= 11 is 6.19. The molecule has 4 aliphatic rings. The Kier molecular flexibility index (Phi) is 5.11. The molecule has 0 aliphatic carbocycles. The second-order valence-corrected chi connectivity index (χ2v) is 8.54. The molecule has 0 amide bonds. The first kappa shape index (κ1) is 19.2. The number of hydrogen-bond acceptors (Lipinski definition) is 8. The lowest BCUT2D eigenvalue weighted by molar-refractivity contribution is -0.142. The maximum Gasteiger partial charge on any atom is 0.141 e. The number of fused-ring (bicyclic) bond motifs is 2. The van der Waals surface area contributed by atoms with Gasteiger partial charge in [-0.25, -0.2) is 0 Å². The molecular weight excluding hydrogens is 384 g/mol. The number of halogens is 1. The van der Waals surface area contributed by atoms with E-state index in [0.29, 0.717) is 18.3 Å². The number of benzene rings is 1. The first-order valence-electron chi connectivity index (χ1n) is 9.94. The van der Waals surface area contributed by atoms with Crippen molar-refractivity contribution in [2.24, 2.45) is 11.7 Å². The summed E-state index contributed by atoms with van der Waals surface area (Å²) in [5.41, 5.74) is 8.26. The van der Waals surface area contributed by atoms with Crippen LogP contribution >= 0.6 is 11.6 Å². The molecule has 5 rings (SSSR count). The van der Waals surface area contributed by atoms with E-state index in [4.69, 9.17) is 26.8 Å². The number of ether oxygens (including phenoxy) is 2. The SMILES string of the molecule is NC1NCNC2C1CCN2[C@@H]1O[C@H]([C@@H]2OCCc3ccc(Cl)cc32)[C@@H](O)[C@H]1O. The predicted molar refractivity (Wildman–Crippen MR) is 102 cm³/mol. The second-order valence-electron chi connectivity index (χ2n) is 8.10. The number of hydrogen-bond donors (Lipinski definition) is 5. The molecule has 28 heavy (non-hydrogen) atoms. The fraction of sp³-hybridized carbons (Fsp3) is 0.684. The second kappa shape index (κ2) is 7.46. The van der Waals surface area contributed by atoms with Gasteiger partial charge in [-0.3, -0.25) is 15.5 Å². The van der Waals surface area contributed by atoms with Crippen LogP contribution in [0.3, 0.4) is 0 Å². The van der Waals surface area contributed by atoms with Crippen molar-refractivity contribution in [1.29, 1.82) is 0 Å². The average molecular weight is 411 g/mol. The van der Waals surface area contributed by atoms with Crippen LogP contribution < -0.4 is 16.4 Å². The van der Waals surface area contributed by atoms with Crippen molar-refractivity contribution < 1.29 is 19.7 Å². The summed E-state index contributed by atoms with van der Waals surface area (Å²) in [4.78, 5) is 2.08. The van der Waals surface area contributed by atoms with E-state index >= 15 is 0 Å². The predicted octanol–water partition coefficient (Wildman–Crippen LogP) is -0.516. The highest BCUT2D eigenvalue weighted by Crippen LogP contribution is 2.41. The lowest BCUT2D eigenvalue weighted by atomic mass is 9.92. The molecule has 1 aromatic carbocycles. The Balaban J connectivity index is 1.39. The van der Waals surface area contributed by atoms with Crippen molar-refractivity contribution >= 4 is 11.6 Å². The number of nitrogens with two attached hydrogens (primary N) is 1. The summed E-state index contributed by atoms with van der Waals surface area (Å²) in [5, 5.41) is 28.9. The molecule has 3 saturated heterocycles. The molecule has 0 saturated carbocycles. The molecule has 0 radical (unpaired) electrons. The Morgan fingerprint density at radius 3 is 2.93 bits per heavy atom. The van der Waals surface area contributed by atoms with Gasteiger partial charge in [0.1, 0.15) is 30.6 Å². The first-order valence-corrected chi connectivity index (χ1v) is 10.3. The number of nitrogens with one attached hydrogen (secondary N) is 2. The smallest absolute Gasteiger partial charge is 0.141 e. The fourth-order valence-corrected chi connectivity index (χ4v) is 5.31. The van der Waals surface area contributed by atoms with Crippen LogP contribution in [0.25, 0.3) is 0 Å². The number of nitrogens with zero attached hydrogens (tertiary/aromatic N) is 1. The fourth-order valence-electron chi connectivity index (χ4n) is 5.13. The van der Waals surface area contributed by atoms with Crippen LogP contribution in [0, 0.1) is 5.92 Å². The van der Waals surface area contributed by atoms with Crippen LogP contribution in [-0.4, -0.2) is 71.8 Å². The highest BCUT2D eigenvalue weighted by Gasteiger charge is 2.54. The van der Waals surface area contributed by atoms with E-state index in [0.717, 1.165) is 30.5 Å². The van der Waals surface area contributed by atoms with Crippen molar-refractivity contribution in [1.82, 2.24) is 15.5 Å². The van der Waals surface area contributed by atoms with Crippen molar-refractivity contribution in [3.8, 4) is 0 Å². The van der Waals surface area contributed by atoms with Crippen LogP contribution in [0.15, 0.2) is 18.2 Å². The Morgan fingerprint density at radius 2 is 2.07 bits per heavy atom. The molecule has 154 valence electrons. The minimum Gasteiger partial charge on any atom is -0.387 e. The van der Waals surface area contributed by atoms with Crippen LogP contribution in [0.2, 0.25) is 5.02 Å². The quantitative estimate of drug-likeness (QED) is 0.443. The zero-order valence-electron chi connectivity index (χ0n) is 15.5. The van der Waals surface area contributed by atoms with E-state index < -0.39 is 30.6 Å².